The molecule has 0 fully saturated rings. The van der Waals surface area contributed by atoms with Crippen molar-refractivity contribution < 1.29 is 24.2 Å². The highest BCUT2D eigenvalue weighted by Crippen LogP contribution is 2.39. The van der Waals surface area contributed by atoms with E-state index < -0.39 is 12.1 Å². The van der Waals surface area contributed by atoms with Crippen LogP contribution in [-0.2, 0) is 20.9 Å². The summed E-state index contributed by atoms with van der Waals surface area (Å²) in [5, 5.41) is 11.8. The van der Waals surface area contributed by atoms with Gasteiger partial charge in [-0.1, -0.05) is 6.07 Å². The first kappa shape index (κ1) is 22.3. The minimum Gasteiger partial charge on any atom is -0.481 e. The monoisotopic (exact) mass is 428 g/mol. The average molecular weight is 428 g/mol. The van der Waals surface area contributed by atoms with E-state index in [9.17, 15) is 14.4 Å². The fourth-order valence-corrected chi connectivity index (χ4v) is 3.89. The Hall–Kier alpha value is -3.36. The Balaban J connectivity index is 1.94. The number of hydrogen-bond donors (Lipinski definition) is 2. The molecule has 2 amide bonds. The van der Waals surface area contributed by atoms with Gasteiger partial charge in [0.2, 0.25) is 5.91 Å². The van der Waals surface area contributed by atoms with E-state index in [-0.39, 0.29) is 30.5 Å². The van der Waals surface area contributed by atoms with E-state index in [4.69, 9.17) is 9.84 Å². The predicted molar refractivity (Wildman–Crippen MR) is 115 cm³/mol. The fourth-order valence-electron chi connectivity index (χ4n) is 3.89. The molecule has 0 radical (unpaired) electrons. The number of aromatic nitrogens is 2. The van der Waals surface area contributed by atoms with Crippen molar-refractivity contribution in [3.8, 4) is 11.3 Å². The number of fused-ring (bicyclic) bond motifs is 1. The van der Waals surface area contributed by atoms with Crippen molar-refractivity contribution in [1.29, 1.82) is 0 Å². The van der Waals surface area contributed by atoms with E-state index in [0.717, 1.165) is 16.8 Å². The van der Waals surface area contributed by atoms with Crippen LogP contribution >= 0.6 is 0 Å². The van der Waals surface area contributed by atoms with Gasteiger partial charge in [-0.15, -0.1) is 0 Å². The molecule has 1 aliphatic rings. The summed E-state index contributed by atoms with van der Waals surface area (Å²) in [5.74, 6) is -0.938. The number of aliphatic carboxylic acids is 1. The number of nitrogens with zero attached hydrogens (tertiary/aromatic N) is 3. The second kappa shape index (κ2) is 9.20. The van der Waals surface area contributed by atoms with Crippen LogP contribution in [0.2, 0.25) is 0 Å². The van der Waals surface area contributed by atoms with E-state index in [1.165, 1.54) is 6.92 Å². The summed E-state index contributed by atoms with van der Waals surface area (Å²) in [6, 6.07) is 5.25. The lowest BCUT2D eigenvalue weighted by atomic mass is 9.90. The van der Waals surface area contributed by atoms with E-state index in [1.807, 2.05) is 25.1 Å². The molecule has 0 aliphatic carbocycles. The summed E-state index contributed by atoms with van der Waals surface area (Å²) in [7, 11) is 0. The van der Waals surface area contributed by atoms with Gasteiger partial charge in [0.15, 0.2) is 0 Å². The Kier molecular flexibility index (Phi) is 6.62. The molecule has 1 aliphatic heterocycles. The van der Waals surface area contributed by atoms with Gasteiger partial charge in [-0.3, -0.25) is 9.59 Å². The molecule has 9 nitrogen and oxygen atoms in total. The highest BCUT2D eigenvalue weighted by molar-refractivity contribution is 5.94. The first-order valence-electron chi connectivity index (χ1n) is 10.3. The Labute approximate surface area is 181 Å². The first-order chi connectivity index (χ1) is 14.7. The van der Waals surface area contributed by atoms with Crippen molar-refractivity contribution >= 4 is 23.7 Å². The van der Waals surface area contributed by atoms with Crippen LogP contribution in [0.15, 0.2) is 30.7 Å². The molecule has 0 spiro atoms. The molecule has 2 atom stereocenters. The van der Waals surface area contributed by atoms with E-state index in [0.29, 0.717) is 18.7 Å². The van der Waals surface area contributed by atoms with Crippen LogP contribution < -0.4 is 10.2 Å². The molecule has 9 heteroatoms. The second-order valence-electron chi connectivity index (χ2n) is 8.04. The van der Waals surface area contributed by atoms with E-state index in [1.54, 1.807) is 35.8 Å². The molecule has 2 unspecified atom stereocenters. The number of ether oxygens (including phenoxy) is 1. The Morgan fingerprint density at radius 1 is 1.32 bits per heavy atom. The van der Waals surface area contributed by atoms with E-state index in [2.05, 4.69) is 10.3 Å². The number of carboxylic acid groups (broad SMARTS) is 1. The topological polar surface area (TPSA) is 114 Å². The van der Waals surface area contributed by atoms with Crippen LogP contribution in [0.5, 0.6) is 0 Å². The zero-order chi connectivity index (χ0) is 22.7. The van der Waals surface area contributed by atoms with Gasteiger partial charge >= 0.3 is 12.1 Å². The number of carbonyl (C=O) groups is 3. The van der Waals surface area contributed by atoms with Gasteiger partial charge in [-0.25, -0.2) is 9.78 Å². The summed E-state index contributed by atoms with van der Waals surface area (Å²) in [4.78, 5) is 41.5. The number of hydrogen-bond acceptors (Lipinski definition) is 5. The quantitative estimate of drug-likeness (QED) is 0.729. The van der Waals surface area contributed by atoms with Gasteiger partial charge in [-0.2, -0.15) is 0 Å². The molecule has 3 rings (SSSR count). The van der Waals surface area contributed by atoms with Crippen LogP contribution in [0, 0.1) is 0 Å². The number of benzene rings is 1. The summed E-state index contributed by atoms with van der Waals surface area (Å²) in [6.45, 7) is 7.37. The zero-order valence-corrected chi connectivity index (χ0v) is 18.2. The Morgan fingerprint density at radius 2 is 2.06 bits per heavy atom. The largest absolute Gasteiger partial charge is 0.481 e. The molecular formula is C22H28N4O5. The van der Waals surface area contributed by atoms with Gasteiger partial charge in [-0.05, 0) is 44.9 Å². The summed E-state index contributed by atoms with van der Waals surface area (Å²) < 4.78 is 6.97. The van der Waals surface area contributed by atoms with Crippen LogP contribution in [0.1, 0.15) is 52.1 Å². The van der Waals surface area contributed by atoms with Gasteiger partial charge in [0.25, 0.3) is 0 Å². The second-order valence-corrected chi connectivity index (χ2v) is 8.04. The maximum absolute atomic E-state index is 12.3. The SMILES string of the molecule is CC(=O)N1c2ccc(-c3cn(CCC(=O)O)cn3)cc2C(NC(=O)OC(C)C)CC1C. The third kappa shape index (κ3) is 5.22. The van der Waals surface area contributed by atoms with Crippen molar-refractivity contribution in [2.75, 3.05) is 4.90 Å². The lowest BCUT2D eigenvalue weighted by molar-refractivity contribution is -0.137. The molecule has 0 saturated carbocycles. The van der Waals surface area contributed by atoms with Crippen LogP contribution in [-0.4, -0.2) is 44.8 Å². The number of amides is 2. The smallest absolute Gasteiger partial charge is 0.407 e. The third-order valence-electron chi connectivity index (χ3n) is 5.17. The lowest BCUT2D eigenvalue weighted by Gasteiger charge is -2.39. The van der Waals surface area contributed by atoms with Crippen molar-refractivity contribution in [3.63, 3.8) is 0 Å². The number of nitrogens with one attached hydrogen (secondary N) is 1. The molecule has 166 valence electrons. The van der Waals surface area contributed by atoms with Crippen molar-refractivity contribution in [2.24, 2.45) is 0 Å². The molecule has 31 heavy (non-hydrogen) atoms. The van der Waals surface area contributed by atoms with Gasteiger partial charge in [0.1, 0.15) is 0 Å². The minimum absolute atomic E-state index is 0.00933. The van der Waals surface area contributed by atoms with Crippen molar-refractivity contribution in [1.82, 2.24) is 14.9 Å². The number of carbonyl (C=O) groups excluding carboxylic acids is 2. The maximum Gasteiger partial charge on any atom is 0.407 e. The van der Waals surface area contributed by atoms with Crippen LogP contribution in [0.3, 0.4) is 0 Å². The van der Waals surface area contributed by atoms with Crippen LogP contribution in [0.25, 0.3) is 11.3 Å². The number of aryl methyl sites for hydroxylation is 1. The number of imidazole rings is 1. The number of carboxylic acids is 1. The summed E-state index contributed by atoms with van der Waals surface area (Å²) in [6.07, 6.45) is 3.20. The zero-order valence-electron chi connectivity index (χ0n) is 18.2. The van der Waals surface area contributed by atoms with Gasteiger partial charge in [0, 0.05) is 37.0 Å². The number of rotatable bonds is 6. The highest BCUT2D eigenvalue weighted by Gasteiger charge is 2.34. The molecule has 2 N–H and O–H groups in total. The summed E-state index contributed by atoms with van der Waals surface area (Å²) >= 11 is 0. The third-order valence-corrected chi connectivity index (χ3v) is 5.17. The standard InChI is InChI=1S/C22H28N4O5/c1-13(2)31-22(30)24-18-9-14(3)26(15(4)27)20-6-5-16(10-17(18)20)19-11-25(12-23-19)8-7-21(28)29/h5-6,10-14,18H,7-9H2,1-4H3,(H,24,30)(H,28,29). The fraction of sp³-hybridized carbons (Fsp3) is 0.455. The minimum atomic E-state index is -0.871. The van der Waals surface area contributed by atoms with Gasteiger partial charge in [0.05, 0.1) is 30.6 Å². The van der Waals surface area contributed by atoms with Gasteiger partial charge < -0.3 is 24.6 Å². The lowest BCUT2D eigenvalue weighted by Crippen LogP contribution is -2.45. The molecule has 0 saturated heterocycles. The maximum atomic E-state index is 12.3. The molecule has 2 heterocycles. The molecular weight excluding hydrogens is 400 g/mol. The molecule has 0 bridgehead atoms. The number of alkyl carbamates (subject to hydrolysis) is 1. The number of anilines is 1. The Morgan fingerprint density at radius 3 is 2.71 bits per heavy atom. The molecule has 2 aromatic rings. The van der Waals surface area contributed by atoms with Crippen molar-refractivity contribution in [3.05, 3.63) is 36.3 Å². The molecule has 1 aromatic heterocycles. The highest BCUT2D eigenvalue weighted by atomic mass is 16.6. The predicted octanol–water partition coefficient (Wildman–Crippen LogP) is 3.35. The normalized spacial score (nSPS) is 17.9. The Bertz CT molecular complexity index is 984. The summed E-state index contributed by atoms with van der Waals surface area (Å²) in [5.41, 5.74) is 3.06. The first-order valence-corrected chi connectivity index (χ1v) is 10.3. The van der Waals surface area contributed by atoms with Crippen LogP contribution in [0.4, 0.5) is 10.5 Å². The van der Waals surface area contributed by atoms with E-state index >= 15 is 0 Å². The van der Waals surface area contributed by atoms with Crippen molar-refractivity contribution in [2.45, 2.75) is 65.3 Å². The average Bonchev–Trinajstić information content (AvgIpc) is 3.14. The molecule has 1 aromatic carbocycles.